The van der Waals surface area contributed by atoms with E-state index in [-0.39, 0.29) is 12.5 Å². The van der Waals surface area contributed by atoms with Crippen LogP contribution in [0.2, 0.25) is 0 Å². The van der Waals surface area contributed by atoms with Crippen LogP contribution < -0.4 is 4.74 Å². The number of hydrogen-bond donors (Lipinski definition) is 2. The van der Waals surface area contributed by atoms with E-state index in [9.17, 15) is 9.90 Å². The van der Waals surface area contributed by atoms with Gasteiger partial charge in [0.1, 0.15) is 5.75 Å². The summed E-state index contributed by atoms with van der Waals surface area (Å²) in [4.78, 5) is 10.5. The summed E-state index contributed by atoms with van der Waals surface area (Å²) in [5.41, 5.74) is 1.77. The molecule has 0 fully saturated rings. The van der Waals surface area contributed by atoms with Crippen LogP contribution in [0.4, 0.5) is 0 Å². The highest BCUT2D eigenvalue weighted by atomic mass is 16.5. The number of aliphatic hydroxyl groups excluding tert-OH is 1. The van der Waals surface area contributed by atoms with Crippen LogP contribution in [0.3, 0.4) is 0 Å². The first-order valence-corrected chi connectivity index (χ1v) is 6.07. The number of carbonyl (C=O) groups is 1. The van der Waals surface area contributed by atoms with E-state index >= 15 is 0 Å². The highest BCUT2D eigenvalue weighted by Crippen LogP contribution is 2.39. The number of aliphatic hydroxyl groups is 1. The zero-order chi connectivity index (χ0) is 13.1. The van der Waals surface area contributed by atoms with Crippen molar-refractivity contribution in [1.82, 2.24) is 0 Å². The van der Waals surface area contributed by atoms with Gasteiger partial charge < -0.3 is 14.9 Å². The number of benzene rings is 1. The molecule has 18 heavy (non-hydrogen) atoms. The summed E-state index contributed by atoms with van der Waals surface area (Å²) in [6, 6.07) is 5.40. The standard InChI is InChI=1S/C14H17O4/c1-2-9-6-7-10-11(14(9)17)4-3-5-12(10)18-8-13(15)16/h3-5,9,14,17H,1-2,6-8H2,(H,15,16). The molecular weight excluding hydrogens is 232 g/mol. The molecule has 4 nitrogen and oxygen atoms in total. The average Bonchev–Trinajstić information content (AvgIpc) is 2.37. The second-order valence-corrected chi connectivity index (χ2v) is 4.54. The summed E-state index contributed by atoms with van der Waals surface area (Å²) >= 11 is 0. The van der Waals surface area contributed by atoms with Crippen molar-refractivity contribution >= 4 is 5.97 Å². The smallest absolute Gasteiger partial charge is 0.341 e. The first kappa shape index (κ1) is 12.9. The van der Waals surface area contributed by atoms with Gasteiger partial charge in [0.2, 0.25) is 0 Å². The second-order valence-electron chi connectivity index (χ2n) is 4.54. The number of fused-ring (bicyclic) bond motifs is 1. The van der Waals surface area contributed by atoms with Gasteiger partial charge in [-0.1, -0.05) is 19.1 Å². The maximum atomic E-state index is 10.5. The van der Waals surface area contributed by atoms with Crippen molar-refractivity contribution < 1.29 is 19.7 Å². The predicted molar refractivity (Wildman–Crippen MR) is 66.3 cm³/mol. The fraction of sp³-hybridized carbons (Fsp3) is 0.429. The zero-order valence-corrected chi connectivity index (χ0v) is 10.1. The maximum absolute atomic E-state index is 10.5. The Bertz CT molecular complexity index is 441. The number of ether oxygens (including phenoxy) is 1. The lowest BCUT2D eigenvalue weighted by atomic mass is 9.80. The van der Waals surface area contributed by atoms with E-state index in [1.54, 1.807) is 12.1 Å². The highest BCUT2D eigenvalue weighted by molar-refractivity contribution is 5.68. The predicted octanol–water partition coefficient (Wildman–Crippen LogP) is 1.97. The van der Waals surface area contributed by atoms with Crippen LogP contribution in [0.5, 0.6) is 5.75 Å². The van der Waals surface area contributed by atoms with Gasteiger partial charge in [0.05, 0.1) is 6.10 Å². The molecule has 0 bridgehead atoms. The second kappa shape index (κ2) is 5.40. The minimum Gasteiger partial charge on any atom is -0.482 e. The minimum atomic E-state index is -1.00. The number of hydrogen-bond acceptors (Lipinski definition) is 3. The lowest BCUT2D eigenvalue weighted by molar-refractivity contribution is -0.139. The molecule has 1 radical (unpaired) electrons. The average molecular weight is 249 g/mol. The van der Waals surface area contributed by atoms with Crippen LogP contribution in [0, 0.1) is 12.8 Å². The van der Waals surface area contributed by atoms with E-state index in [1.165, 1.54) is 0 Å². The van der Waals surface area contributed by atoms with Crippen LogP contribution in [0.15, 0.2) is 18.2 Å². The molecule has 2 unspecified atom stereocenters. The van der Waals surface area contributed by atoms with E-state index < -0.39 is 12.1 Å². The van der Waals surface area contributed by atoms with Crippen molar-refractivity contribution in [3.8, 4) is 5.75 Å². The zero-order valence-electron chi connectivity index (χ0n) is 10.1. The fourth-order valence-corrected chi connectivity index (χ4v) is 2.45. The number of rotatable bonds is 4. The van der Waals surface area contributed by atoms with Crippen molar-refractivity contribution in [3.63, 3.8) is 0 Å². The Morgan fingerprint density at radius 3 is 2.94 bits per heavy atom. The van der Waals surface area contributed by atoms with Crippen molar-refractivity contribution in [1.29, 1.82) is 0 Å². The number of aliphatic carboxylic acids is 1. The fourth-order valence-electron chi connectivity index (χ4n) is 2.45. The van der Waals surface area contributed by atoms with Crippen molar-refractivity contribution in [3.05, 3.63) is 36.2 Å². The molecular formula is C14H17O4. The van der Waals surface area contributed by atoms with Gasteiger partial charge in [-0.3, -0.25) is 0 Å². The van der Waals surface area contributed by atoms with Gasteiger partial charge in [0.25, 0.3) is 0 Å². The molecule has 2 atom stereocenters. The molecule has 1 aliphatic carbocycles. The van der Waals surface area contributed by atoms with E-state index in [0.29, 0.717) is 12.2 Å². The van der Waals surface area contributed by atoms with Crippen LogP contribution in [0.25, 0.3) is 0 Å². The van der Waals surface area contributed by atoms with Crippen LogP contribution in [-0.4, -0.2) is 22.8 Å². The third kappa shape index (κ3) is 2.48. The van der Waals surface area contributed by atoms with Gasteiger partial charge in [0.15, 0.2) is 6.61 Å². The minimum absolute atomic E-state index is 0.173. The summed E-state index contributed by atoms with van der Waals surface area (Å²) in [6.07, 6.45) is 1.81. The Hall–Kier alpha value is -1.55. The molecule has 0 amide bonds. The van der Waals surface area contributed by atoms with Crippen molar-refractivity contribution in [2.45, 2.75) is 25.4 Å². The Morgan fingerprint density at radius 2 is 2.28 bits per heavy atom. The maximum Gasteiger partial charge on any atom is 0.341 e. The SMILES string of the molecule is [CH2]CC1CCc2c(OCC(=O)O)cccc2C1O. The molecule has 2 N–H and O–H groups in total. The van der Waals surface area contributed by atoms with Crippen molar-refractivity contribution in [2.75, 3.05) is 6.61 Å². The molecule has 97 valence electrons. The monoisotopic (exact) mass is 249 g/mol. The molecule has 0 saturated heterocycles. The lowest BCUT2D eigenvalue weighted by Gasteiger charge is -2.30. The summed E-state index contributed by atoms with van der Waals surface area (Å²) < 4.78 is 5.26. The van der Waals surface area contributed by atoms with E-state index in [1.807, 2.05) is 6.07 Å². The summed E-state index contributed by atoms with van der Waals surface area (Å²) in [5.74, 6) is -0.261. The van der Waals surface area contributed by atoms with Crippen LogP contribution in [0.1, 0.15) is 30.1 Å². The molecule has 1 aromatic rings. The van der Waals surface area contributed by atoms with Gasteiger partial charge in [-0.15, -0.1) is 0 Å². The summed E-state index contributed by atoms with van der Waals surface area (Å²) in [6.45, 7) is 3.49. The molecule has 0 aliphatic heterocycles. The Kier molecular flexibility index (Phi) is 3.87. The molecule has 1 aromatic carbocycles. The van der Waals surface area contributed by atoms with Crippen LogP contribution in [-0.2, 0) is 11.2 Å². The summed E-state index contributed by atoms with van der Waals surface area (Å²) in [5, 5.41) is 18.8. The van der Waals surface area contributed by atoms with E-state index in [2.05, 4.69) is 6.92 Å². The van der Waals surface area contributed by atoms with E-state index in [0.717, 1.165) is 24.0 Å². The molecule has 2 rings (SSSR count). The quantitative estimate of drug-likeness (QED) is 0.856. The molecule has 1 aliphatic rings. The molecule has 0 aromatic heterocycles. The number of carboxylic acids is 1. The first-order valence-electron chi connectivity index (χ1n) is 6.07. The molecule has 4 heteroatoms. The van der Waals surface area contributed by atoms with Gasteiger partial charge >= 0.3 is 5.97 Å². The Labute approximate surface area is 106 Å². The third-order valence-corrected chi connectivity index (χ3v) is 3.42. The lowest BCUT2D eigenvalue weighted by Crippen LogP contribution is -2.21. The molecule has 0 spiro atoms. The van der Waals surface area contributed by atoms with Gasteiger partial charge in [-0.05, 0) is 42.4 Å². The topological polar surface area (TPSA) is 66.8 Å². The Balaban J connectivity index is 2.25. The largest absolute Gasteiger partial charge is 0.482 e. The Morgan fingerprint density at radius 1 is 1.50 bits per heavy atom. The summed E-state index contributed by atoms with van der Waals surface area (Å²) in [7, 11) is 0. The van der Waals surface area contributed by atoms with Gasteiger partial charge in [0, 0.05) is 0 Å². The molecule has 0 heterocycles. The van der Waals surface area contributed by atoms with Crippen molar-refractivity contribution in [2.24, 2.45) is 5.92 Å². The number of carboxylic acid groups (broad SMARTS) is 1. The first-order chi connectivity index (χ1) is 8.63. The normalized spacial score (nSPS) is 22.3. The van der Waals surface area contributed by atoms with Gasteiger partial charge in [-0.2, -0.15) is 0 Å². The van der Waals surface area contributed by atoms with Gasteiger partial charge in [-0.25, -0.2) is 4.79 Å². The van der Waals surface area contributed by atoms with E-state index in [4.69, 9.17) is 9.84 Å². The third-order valence-electron chi connectivity index (χ3n) is 3.42. The highest BCUT2D eigenvalue weighted by Gasteiger charge is 2.28. The molecule has 0 saturated carbocycles. The van der Waals surface area contributed by atoms with Crippen LogP contribution >= 0.6 is 0 Å².